The van der Waals surface area contributed by atoms with Gasteiger partial charge in [-0.2, -0.15) is 0 Å². The normalized spacial score (nSPS) is 10.1. The number of fused-ring (bicyclic) bond motifs is 1. The molecule has 0 atom stereocenters. The van der Waals surface area contributed by atoms with Gasteiger partial charge in [0.05, 0.1) is 0 Å². The lowest BCUT2D eigenvalue weighted by atomic mass is 10.0. The van der Waals surface area contributed by atoms with Gasteiger partial charge in [0.25, 0.3) is 0 Å². The molecule has 0 saturated heterocycles. The molecule has 1 N–H and O–H groups in total. The molecule has 174 valence electrons. The lowest BCUT2D eigenvalue weighted by Crippen LogP contribution is -2.20. The first kappa shape index (κ1) is 27.9. The number of benzene rings is 2. The fraction of sp³-hybridized carbons (Fsp3) is 0.385. The number of amidine groups is 1. The third-order valence-electron chi connectivity index (χ3n) is 5.04. The minimum absolute atomic E-state index is 0.230. The Kier molecular flexibility index (Phi) is 12.9. The topological polar surface area (TPSA) is 48.7 Å². The average molecular weight is 472 g/mol. The van der Waals surface area contributed by atoms with E-state index in [-0.39, 0.29) is 5.84 Å². The monoisotopic (exact) mass is 471 g/mol. The molecule has 3 aromatic rings. The van der Waals surface area contributed by atoms with Gasteiger partial charge in [0.15, 0.2) is 5.84 Å². The van der Waals surface area contributed by atoms with Crippen molar-refractivity contribution in [2.24, 2.45) is 4.99 Å². The Morgan fingerprint density at radius 1 is 1.16 bits per heavy atom. The quantitative estimate of drug-likeness (QED) is 0.168. The number of nitrogens with zero attached hydrogens (tertiary/aromatic N) is 2. The Morgan fingerprint density at radius 3 is 2.50 bits per heavy atom. The summed E-state index contributed by atoms with van der Waals surface area (Å²) < 4.78 is 6.71. The van der Waals surface area contributed by atoms with Crippen LogP contribution in [0.4, 0.5) is 0 Å². The number of nitrogens with one attached hydrogen (secondary N) is 1. The maximum Gasteiger partial charge on any atom is 0.151 e. The lowest BCUT2D eigenvalue weighted by Gasteiger charge is -2.16. The molecule has 0 fully saturated rings. The van der Waals surface area contributed by atoms with Gasteiger partial charge in [0.1, 0.15) is 11.7 Å². The number of hydrogen-bond acceptors (Lipinski definition) is 5. The van der Waals surface area contributed by atoms with E-state index in [0.717, 1.165) is 36.2 Å². The van der Waals surface area contributed by atoms with Crippen LogP contribution in [0.15, 0.2) is 46.8 Å². The molecule has 0 aliphatic heterocycles. The summed E-state index contributed by atoms with van der Waals surface area (Å²) in [4.78, 5) is 5.91. The Bertz CT molecular complexity index is 998. The van der Waals surface area contributed by atoms with E-state index in [0.29, 0.717) is 5.94 Å². The number of hydrogen-bond donors (Lipinski definition) is 2. The Labute approximate surface area is 203 Å². The van der Waals surface area contributed by atoms with Gasteiger partial charge in [-0.15, -0.1) is 24.0 Å². The smallest absolute Gasteiger partial charge is 0.151 e. The van der Waals surface area contributed by atoms with Crippen molar-refractivity contribution in [1.29, 1.82) is 5.41 Å². The van der Waals surface area contributed by atoms with Crippen molar-refractivity contribution in [1.82, 2.24) is 4.90 Å². The molecule has 6 heteroatoms. The Balaban J connectivity index is 0.000000305. The van der Waals surface area contributed by atoms with E-state index < -0.39 is 0 Å². The predicted octanol–water partition coefficient (Wildman–Crippen LogP) is 7.02. The van der Waals surface area contributed by atoms with Crippen molar-refractivity contribution in [2.45, 2.75) is 41.0 Å². The van der Waals surface area contributed by atoms with Gasteiger partial charge in [-0.3, -0.25) is 5.41 Å². The van der Waals surface area contributed by atoms with Gasteiger partial charge in [0, 0.05) is 16.8 Å². The molecule has 0 radical (unpaired) electrons. The van der Waals surface area contributed by atoms with Gasteiger partial charge in [-0.25, -0.2) is 4.99 Å². The second-order valence-corrected chi connectivity index (χ2v) is 8.35. The Hall–Kier alpha value is -2.15. The van der Waals surface area contributed by atoms with E-state index in [1.54, 1.807) is 11.3 Å². The van der Waals surface area contributed by atoms with E-state index in [2.05, 4.69) is 69.2 Å². The van der Waals surface area contributed by atoms with Crippen molar-refractivity contribution in [3.63, 3.8) is 0 Å². The fourth-order valence-corrected chi connectivity index (χ4v) is 3.93. The van der Waals surface area contributed by atoms with Crippen LogP contribution in [0.1, 0.15) is 43.0 Å². The first-order valence-corrected chi connectivity index (χ1v) is 12.5. The average Bonchev–Trinajstić information content (AvgIpc) is 3.29. The highest BCUT2D eigenvalue weighted by molar-refractivity contribution is 7.80. The van der Waals surface area contributed by atoms with Gasteiger partial charge in [-0.1, -0.05) is 26.8 Å². The molecule has 0 spiro atoms. The lowest BCUT2D eigenvalue weighted by molar-refractivity contribution is 0.357. The highest BCUT2D eigenvalue weighted by atomic mass is 32.1. The number of thiophene rings is 1. The molecule has 3 rings (SSSR count). The van der Waals surface area contributed by atoms with Gasteiger partial charge in [-0.05, 0) is 98.4 Å². The molecule has 1 aromatic heterocycles. The molecular formula is C26H37N3OS2. The molecule has 4 nitrogen and oxygen atoms in total. The summed E-state index contributed by atoms with van der Waals surface area (Å²) >= 11 is 5.79. The summed E-state index contributed by atoms with van der Waals surface area (Å²) in [6, 6.07) is 12.3. The highest BCUT2D eigenvalue weighted by Crippen LogP contribution is 2.24. The molecule has 0 amide bonds. The SMILES string of the molecule is C=NC(=N)c1ccc2sccc2c1.CC.CCN(C)CCc1cc(C)c(OCS)cc1C. The molecule has 2 aromatic carbocycles. The van der Waals surface area contributed by atoms with Gasteiger partial charge in [0.2, 0.25) is 0 Å². The molecule has 0 saturated carbocycles. The van der Waals surface area contributed by atoms with Crippen molar-refractivity contribution in [2.75, 3.05) is 26.1 Å². The van der Waals surface area contributed by atoms with Gasteiger partial charge >= 0.3 is 0 Å². The molecular weight excluding hydrogens is 434 g/mol. The summed E-state index contributed by atoms with van der Waals surface area (Å²) in [6.45, 7) is 15.9. The number of aliphatic imine (C=N–C) groups is 1. The Morgan fingerprint density at radius 2 is 1.88 bits per heavy atom. The zero-order valence-corrected chi connectivity index (χ0v) is 21.9. The highest BCUT2D eigenvalue weighted by Gasteiger charge is 2.06. The van der Waals surface area contributed by atoms with Crippen LogP contribution in [0.25, 0.3) is 10.1 Å². The minimum atomic E-state index is 0.230. The van der Waals surface area contributed by atoms with Crippen LogP contribution < -0.4 is 4.74 Å². The van der Waals surface area contributed by atoms with E-state index in [4.69, 9.17) is 10.1 Å². The van der Waals surface area contributed by atoms with Gasteiger partial charge < -0.3 is 9.64 Å². The van der Waals surface area contributed by atoms with Crippen LogP contribution in [-0.4, -0.2) is 43.5 Å². The van der Waals surface area contributed by atoms with E-state index in [1.807, 2.05) is 43.5 Å². The van der Waals surface area contributed by atoms with Crippen LogP contribution in [0, 0.1) is 19.3 Å². The third kappa shape index (κ3) is 8.41. The molecule has 0 bridgehead atoms. The van der Waals surface area contributed by atoms with Crippen LogP contribution in [-0.2, 0) is 6.42 Å². The van der Waals surface area contributed by atoms with E-state index >= 15 is 0 Å². The zero-order chi connectivity index (χ0) is 24.1. The second-order valence-electron chi connectivity index (χ2n) is 7.14. The first-order valence-electron chi connectivity index (χ1n) is 10.9. The largest absolute Gasteiger partial charge is 0.483 e. The maximum absolute atomic E-state index is 7.48. The number of aryl methyl sites for hydroxylation is 2. The number of thiol groups is 1. The fourth-order valence-electron chi connectivity index (χ4n) is 3.02. The van der Waals surface area contributed by atoms with Crippen LogP contribution in [0.3, 0.4) is 0 Å². The van der Waals surface area contributed by atoms with E-state index in [1.165, 1.54) is 21.4 Å². The van der Waals surface area contributed by atoms with Crippen LogP contribution >= 0.6 is 24.0 Å². The summed E-state index contributed by atoms with van der Waals surface area (Å²) in [5.74, 6) is 1.61. The first-order chi connectivity index (χ1) is 15.4. The molecule has 0 aliphatic carbocycles. The maximum atomic E-state index is 7.48. The van der Waals surface area contributed by atoms with Crippen molar-refractivity contribution < 1.29 is 4.74 Å². The summed E-state index contributed by atoms with van der Waals surface area (Å²) in [5, 5.41) is 10.7. The predicted molar refractivity (Wildman–Crippen MR) is 147 cm³/mol. The minimum Gasteiger partial charge on any atom is -0.483 e. The molecule has 0 unspecified atom stereocenters. The number of likely N-dealkylation sites (N-methyl/N-ethyl adjacent to an activating group) is 1. The third-order valence-corrected chi connectivity index (χ3v) is 6.07. The standard InChI is InChI=1S/C14H23NOS.C10H8N2S.C2H6/c1-5-15(4)7-6-13-8-12(3)14(16-10-17)9-11(13)2;1-12-10(11)8-2-3-9-7(6-8)4-5-13-9;1-2/h8-9,17H,5-7,10H2,1-4H3;2-6,11H,1H2;1-2H3. The van der Waals surface area contributed by atoms with E-state index in [9.17, 15) is 0 Å². The zero-order valence-electron chi connectivity index (χ0n) is 20.2. The molecule has 32 heavy (non-hydrogen) atoms. The molecule has 1 heterocycles. The summed E-state index contributed by atoms with van der Waals surface area (Å²) in [7, 11) is 2.15. The summed E-state index contributed by atoms with van der Waals surface area (Å²) in [6.07, 6.45) is 1.10. The van der Waals surface area contributed by atoms with Crippen LogP contribution in [0.5, 0.6) is 5.75 Å². The van der Waals surface area contributed by atoms with Crippen molar-refractivity contribution in [3.05, 3.63) is 64.0 Å². The van der Waals surface area contributed by atoms with Crippen LogP contribution in [0.2, 0.25) is 0 Å². The second kappa shape index (κ2) is 14.8. The molecule has 0 aliphatic rings. The number of ether oxygens (including phenoxy) is 1. The number of rotatable bonds is 7. The summed E-state index contributed by atoms with van der Waals surface area (Å²) in [5.41, 5.74) is 4.73. The van der Waals surface area contributed by atoms with Crippen molar-refractivity contribution >= 4 is 46.6 Å². The van der Waals surface area contributed by atoms with Crippen molar-refractivity contribution in [3.8, 4) is 5.75 Å².